The van der Waals surface area contributed by atoms with Crippen LogP contribution in [-0.2, 0) is 10.2 Å². The average molecular weight is 331 g/mol. The Bertz CT molecular complexity index is 952. The number of carbonyl (C=O) groups is 1. The number of amides is 1. The van der Waals surface area contributed by atoms with Crippen molar-refractivity contribution in [3.05, 3.63) is 89.5 Å². The number of para-hydroxylation sites is 1. The molecule has 1 heterocycles. The highest BCUT2D eigenvalue weighted by Crippen LogP contribution is 2.50. The predicted molar refractivity (Wildman–Crippen MR) is 96.1 cm³/mol. The number of carbonyl (C=O) groups excluding carboxylic acids is 1. The lowest BCUT2D eigenvalue weighted by atomic mass is 9.70. The fourth-order valence-electron chi connectivity index (χ4n) is 3.60. The van der Waals surface area contributed by atoms with E-state index in [9.17, 15) is 9.90 Å². The van der Waals surface area contributed by atoms with Crippen LogP contribution in [0.4, 0.5) is 5.69 Å². The number of rotatable bonds is 3. The lowest BCUT2D eigenvalue weighted by molar-refractivity contribution is -0.118. The fourth-order valence-corrected chi connectivity index (χ4v) is 3.60. The maximum Gasteiger partial charge on any atom is 0.244 e. The van der Waals surface area contributed by atoms with Gasteiger partial charge in [0.05, 0.1) is 7.11 Å². The molecule has 0 saturated carbocycles. The summed E-state index contributed by atoms with van der Waals surface area (Å²) in [6, 6.07) is 22.0. The van der Waals surface area contributed by atoms with Gasteiger partial charge in [-0.1, -0.05) is 48.5 Å². The van der Waals surface area contributed by atoms with Gasteiger partial charge in [0.2, 0.25) is 5.91 Å². The van der Waals surface area contributed by atoms with E-state index in [-0.39, 0.29) is 11.7 Å². The van der Waals surface area contributed by atoms with Gasteiger partial charge in [0.15, 0.2) is 0 Å². The minimum atomic E-state index is -1.13. The molecule has 4 rings (SSSR count). The molecule has 4 heteroatoms. The standard InChI is InChI=1S/C21H17NO3/c1-25-15-11-12-19(23)17(13-15)21(14-7-3-2-4-8-14)16-9-5-6-10-18(16)22-20(21)24/h2-13,23H,1H3,(H,22,24). The molecule has 0 aromatic heterocycles. The summed E-state index contributed by atoms with van der Waals surface area (Å²) in [6.07, 6.45) is 0. The van der Waals surface area contributed by atoms with Crippen LogP contribution in [0.3, 0.4) is 0 Å². The minimum Gasteiger partial charge on any atom is -0.508 e. The molecule has 1 aliphatic heterocycles. The van der Waals surface area contributed by atoms with Crippen molar-refractivity contribution in [3.8, 4) is 11.5 Å². The van der Waals surface area contributed by atoms with Crippen LogP contribution in [0.15, 0.2) is 72.8 Å². The van der Waals surface area contributed by atoms with E-state index in [1.807, 2.05) is 54.6 Å². The summed E-state index contributed by atoms with van der Waals surface area (Å²) < 4.78 is 5.33. The summed E-state index contributed by atoms with van der Waals surface area (Å²) >= 11 is 0. The maximum atomic E-state index is 13.2. The van der Waals surface area contributed by atoms with E-state index >= 15 is 0 Å². The molecule has 3 aromatic carbocycles. The molecule has 25 heavy (non-hydrogen) atoms. The molecule has 0 aliphatic carbocycles. The van der Waals surface area contributed by atoms with Crippen molar-refractivity contribution in [2.45, 2.75) is 5.41 Å². The summed E-state index contributed by atoms with van der Waals surface area (Å²) in [5.74, 6) is 0.445. The molecule has 124 valence electrons. The third-order valence-electron chi connectivity index (χ3n) is 4.73. The summed E-state index contributed by atoms with van der Waals surface area (Å²) in [4.78, 5) is 13.2. The molecule has 3 aromatic rings. The lowest BCUT2D eigenvalue weighted by Gasteiger charge is -2.29. The Kier molecular flexibility index (Phi) is 3.46. The topological polar surface area (TPSA) is 58.6 Å². The van der Waals surface area contributed by atoms with Crippen molar-refractivity contribution in [2.24, 2.45) is 0 Å². The Morgan fingerprint density at radius 1 is 0.920 bits per heavy atom. The van der Waals surface area contributed by atoms with Crippen LogP contribution < -0.4 is 10.1 Å². The molecule has 0 spiro atoms. The van der Waals surface area contributed by atoms with Crippen LogP contribution in [0, 0.1) is 0 Å². The van der Waals surface area contributed by atoms with Crippen molar-refractivity contribution in [3.63, 3.8) is 0 Å². The van der Waals surface area contributed by atoms with Crippen LogP contribution in [0.5, 0.6) is 11.5 Å². The second-order valence-electron chi connectivity index (χ2n) is 6.00. The number of hydrogen-bond acceptors (Lipinski definition) is 3. The largest absolute Gasteiger partial charge is 0.508 e. The molecule has 1 amide bonds. The summed E-state index contributed by atoms with van der Waals surface area (Å²) in [7, 11) is 1.56. The molecular weight excluding hydrogens is 314 g/mol. The number of aromatic hydroxyl groups is 1. The number of hydrogen-bond donors (Lipinski definition) is 2. The van der Waals surface area contributed by atoms with Gasteiger partial charge in [-0.3, -0.25) is 4.79 Å². The molecule has 4 nitrogen and oxygen atoms in total. The fraction of sp³-hybridized carbons (Fsp3) is 0.0952. The summed E-state index contributed by atoms with van der Waals surface area (Å²) in [6.45, 7) is 0. The normalized spacial score (nSPS) is 18.5. The number of benzene rings is 3. The smallest absolute Gasteiger partial charge is 0.244 e. The van der Waals surface area contributed by atoms with Crippen LogP contribution in [-0.4, -0.2) is 18.1 Å². The molecule has 0 radical (unpaired) electrons. The molecule has 1 atom stereocenters. The number of anilines is 1. The van der Waals surface area contributed by atoms with Crippen LogP contribution in [0.2, 0.25) is 0 Å². The number of phenolic OH excluding ortho intramolecular Hbond substituents is 1. The van der Waals surface area contributed by atoms with Gasteiger partial charge in [0.1, 0.15) is 16.9 Å². The maximum absolute atomic E-state index is 13.2. The Morgan fingerprint density at radius 3 is 2.40 bits per heavy atom. The van der Waals surface area contributed by atoms with E-state index in [2.05, 4.69) is 5.32 Å². The first kappa shape index (κ1) is 15.3. The average Bonchev–Trinajstić information content (AvgIpc) is 2.95. The molecule has 0 saturated heterocycles. The quantitative estimate of drug-likeness (QED) is 0.769. The highest BCUT2D eigenvalue weighted by Gasteiger charge is 2.51. The number of ether oxygens (including phenoxy) is 1. The third kappa shape index (κ3) is 2.11. The van der Waals surface area contributed by atoms with Crippen molar-refractivity contribution in [1.82, 2.24) is 0 Å². The van der Waals surface area contributed by atoms with Gasteiger partial charge in [0, 0.05) is 16.8 Å². The van der Waals surface area contributed by atoms with Gasteiger partial charge in [-0.25, -0.2) is 0 Å². The second kappa shape index (κ2) is 5.67. The highest BCUT2D eigenvalue weighted by molar-refractivity contribution is 6.11. The van der Waals surface area contributed by atoms with Crippen molar-refractivity contribution < 1.29 is 14.6 Å². The van der Waals surface area contributed by atoms with E-state index in [1.54, 1.807) is 25.3 Å². The number of fused-ring (bicyclic) bond motifs is 1. The predicted octanol–water partition coefficient (Wildman–Crippen LogP) is 3.69. The zero-order chi connectivity index (χ0) is 17.4. The molecule has 1 aliphatic rings. The summed E-state index contributed by atoms with van der Waals surface area (Å²) in [5, 5.41) is 13.6. The Labute approximate surface area is 145 Å². The van der Waals surface area contributed by atoms with Gasteiger partial charge in [-0.2, -0.15) is 0 Å². The minimum absolute atomic E-state index is 0.0523. The van der Waals surface area contributed by atoms with Crippen LogP contribution in [0.25, 0.3) is 0 Å². The zero-order valence-corrected chi connectivity index (χ0v) is 13.7. The van der Waals surface area contributed by atoms with Gasteiger partial charge in [-0.05, 0) is 29.8 Å². The third-order valence-corrected chi connectivity index (χ3v) is 4.73. The number of phenols is 1. The van der Waals surface area contributed by atoms with Gasteiger partial charge < -0.3 is 15.2 Å². The molecule has 0 fully saturated rings. The Hall–Kier alpha value is -3.27. The molecule has 1 unspecified atom stereocenters. The first-order valence-electron chi connectivity index (χ1n) is 8.02. The lowest BCUT2D eigenvalue weighted by Crippen LogP contribution is -2.37. The van der Waals surface area contributed by atoms with E-state index in [0.29, 0.717) is 11.3 Å². The van der Waals surface area contributed by atoms with Gasteiger partial charge in [0.25, 0.3) is 0 Å². The molecule has 0 bridgehead atoms. The summed E-state index contributed by atoms with van der Waals surface area (Å²) in [5.41, 5.74) is 1.73. The van der Waals surface area contributed by atoms with Crippen molar-refractivity contribution >= 4 is 11.6 Å². The monoisotopic (exact) mass is 331 g/mol. The van der Waals surface area contributed by atoms with Gasteiger partial charge in [-0.15, -0.1) is 0 Å². The van der Waals surface area contributed by atoms with Crippen LogP contribution >= 0.6 is 0 Å². The number of methoxy groups -OCH3 is 1. The van der Waals surface area contributed by atoms with E-state index < -0.39 is 5.41 Å². The van der Waals surface area contributed by atoms with E-state index in [0.717, 1.165) is 16.8 Å². The Morgan fingerprint density at radius 2 is 1.64 bits per heavy atom. The Balaban J connectivity index is 2.11. The first-order valence-corrected chi connectivity index (χ1v) is 8.02. The van der Waals surface area contributed by atoms with Crippen LogP contribution in [0.1, 0.15) is 16.7 Å². The van der Waals surface area contributed by atoms with Crippen molar-refractivity contribution in [1.29, 1.82) is 0 Å². The highest BCUT2D eigenvalue weighted by atomic mass is 16.5. The van der Waals surface area contributed by atoms with Gasteiger partial charge >= 0.3 is 0 Å². The second-order valence-corrected chi connectivity index (χ2v) is 6.00. The SMILES string of the molecule is COc1ccc(O)c(C2(c3ccccc3)C(=O)Nc3ccccc32)c1. The first-order chi connectivity index (χ1) is 12.2. The zero-order valence-electron chi connectivity index (χ0n) is 13.7. The molecule has 2 N–H and O–H groups in total. The molecular formula is C21H17NO3. The number of nitrogens with one attached hydrogen (secondary N) is 1. The van der Waals surface area contributed by atoms with E-state index in [4.69, 9.17) is 4.74 Å². The van der Waals surface area contributed by atoms with Crippen molar-refractivity contribution in [2.75, 3.05) is 12.4 Å². The van der Waals surface area contributed by atoms with E-state index in [1.165, 1.54) is 0 Å².